The van der Waals surface area contributed by atoms with E-state index in [0.717, 1.165) is 11.3 Å². The fourth-order valence-corrected chi connectivity index (χ4v) is 2.18. The number of amides is 1. The molecule has 0 spiro atoms. The lowest BCUT2D eigenvalue weighted by Crippen LogP contribution is -2.41. The van der Waals surface area contributed by atoms with Crippen LogP contribution in [0.1, 0.15) is 18.5 Å². The lowest BCUT2D eigenvalue weighted by atomic mass is 9.98. The van der Waals surface area contributed by atoms with E-state index in [-0.39, 0.29) is 24.5 Å². The summed E-state index contributed by atoms with van der Waals surface area (Å²) in [5.41, 5.74) is 12.2. The monoisotopic (exact) mass is 251 g/mol. The molecule has 1 aromatic carbocycles. The highest BCUT2D eigenvalue weighted by Crippen LogP contribution is 2.30. The van der Waals surface area contributed by atoms with Crippen LogP contribution in [0.4, 0.5) is 0 Å². The van der Waals surface area contributed by atoms with Crippen molar-refractivity contribution in [3.05, 3.63) is 29.8 Å². The molecule has 0 heterocycles. The standard InChI is InChI=1S/C13H21N3O2/c1-9(14)13(16(2)8-12(15)17)10-6-4-5-7-11(10)18-3/h4-7,9,13H,8,14H2,1-3H3,(H2,15,17). The van der Waals surface area contributed by atoms with Gasteiger partial charge >= 0.3 is 0 Å². The van der Waals surface area contributed by atoms with Gasteiger partial charge in [0.25, 0.3) is 0 Å². The van der Waals surface area contributed by atoms with Gasteiger partial charge in [-0.3, -0.25) is 9.69 Å². The first-order chi connectivity index (χ1) is 8.47. The van der Waals surface area contributed by atoms with Crippen LogP contribution in [0.15, 0.2) is 24.3 Å². The predicted octanol–water partition coefficient (Wildman–Crippen LogP) is 0.501. The van der Waals surface area contributed by atoms with Gasteiger partial charge in [0.15, 0.2) is 0 Å². The van der Waals surface area contributed by atoms with Gasteiger partial charge in [-0.1, -0.05) is 18.2 Å². The number of likely N-dealkylation sites (N-methyl/N-ethyl adjacent to an activating group) is 1. The maximum atomic E-state index is 11.0. The summed E-state index contributed by atoms with van der Waals surface area (Å²) in [6.45, 7) is 2.05. The molecule has 2 unspecified atom stereocenters. The first-order valence-electron chi connectivity index (χ1n) is 5.84. The van der Waals surface area contributed by atoms with Crippen LogP contribution in [0.3, 0.4) is 0 Å². The second-order valence-electron chi connectivity index (χ2n) is 4.43. The van der Waals surface area contributed by atoms with Crippen molar-refractivity contribution in [2.24, 2.45) is 11.5 Å². The zero-order chi connectivity index (χ0) is 13.7. The number of hydrogen-bond acceptors (Lipinski definition) is 4. The first kappa shape index (κ1) is 14.5. The summed E-state index contributed by atoms with van der Waals surface area (Å²) >= 11 is 0. The zero-order valence-corrected chi connectivity index (χ0v) is 11.1. The Morgan fingerprint density at radius 1 is 1.44 bits per heavy atom. The van der Waals surface area contributed by atoms with Crippen molar-refractivity contribution in [2.75, 3.05) is 20.7 Å². The Kier molecular flexibility index (Phi) is 5.12. The third kappa shape index (κ3) is 3.45. The minimum Gasteiger partial charge on any atom is -0.496 e. The van der Waals surface area contributed by atoms with E-state index in [1.54, 1.807) is 7.11 Å². The maximum absolute atomic E-state index is 11.0. The van der Waals surface area contributed by atoms with Crippen molar-refractivity contribution < 1.29 is 9.53 Å². The Hall–Kier alpha value is -1.59. The molecule has 100 valence electrons. The molecule has 0 saturated carbocycles. The summed E-state index contributed by atoms with van der Waals surface area (Å²) in [7, 11) is 3.44. The zero-order valence-electron chi connectivity index (χ0n) is 11.1. The molecule has 0 radical (unpaired) electrons. The van der Waals surface area contributed by atoms with E-state index in [1.165, 1.54) is 0 Å². The van der Waals surface area contributed by atoms with Crippen molar-refractivity contribution in [3.63, 3.8) is 0 Å². The van der Waals surface area contributed by atoms with Gasteiger partial charge < -0.3 is 16.2 Å². The van der Waals surface area contributed by atoms with Crippen molar-refractivity contribution >= 4 is 5.91 Å². The molecule has 0 fully saturated rings. The average molecular weight is 251 g/mol. The van der Waals surface area contributed by atoms with Crippen LogP contribution in [0.2, 0.25) is 0 Å². The number of carbonyl (C=O) groups is 1. The number of benzene rings is 1. The molecule has 0 bridgehead atoms. The largest absolute Gasteiger partial charge is 0.496 e. The van der Waals surface area contributed by atoms with Crippen LogP contribution >= 0.6 is 0 Å². The smallest absolute Gasteiger partial charge is 0.231 e. The molecule has 5 heteroatoms. The van der Waals surface area contributed by atoms with Crippen LogP contribution in [0, 0.1) is 0 Å². The second kappa shape index (κ2) is 6.37. The Morgan fingerprint density at radius 3 is 2.56 bits per heavy atom. The van der Waals surface area contributed by atoms with Gasteiger partial charge in [-0.05, 0) is 20.0 Å². The molecule has 0 aliphatic heterocycles. The lowest BCUT2D eigenvalue weighted by Gasteiger charge is -2.31. The van der Waals surface area contributed by atoms with Crippen molar-refractivity contribution in [1.29, 1.82) is 0 Å². The first-order valence-corrected chi connectivity index (χ1v) is 5.84. The molecule has 1 amide bonds. The van der Waals surface area contributed by atoms with Crippen molar-refractivity contribution in [3.8, 4) is 5.75 Å². The fraction of sp³-hybridized carbons (Fsp3) is 0.462. The Balaban J connectivity index is 3.07. The second-order valence-corrected chi connectivity index (χ2v) is 4.43. The SMILES string of the molecule is COc1ccccc1C(C(C)N)N(C)CC(N)=O. The Bertz CT molecular complexity index is 407. The van der Waals surface area contributed by atoms with Crippen molar-refractivity contribution in [2.45, 2.75) is 19.0 Å². The van der Waals surface area contributed by atoms with E-state index in [0.29, 0.717) is 0 Å². The minimum atomic E-state index is -0.377. The quantitative estimate of drug-likeness (QED) is 0.771. The molecule has 1 aromatic rings. The number of carbonyl (C=O) groups excluding carboxylic acids is 1. The van der Waals surface area contributed by atoms with Crippen LogP contribution in [0.5, 0.6) is 5.75 Å². The Morgan fingerprint density at radius 2 is 2.06 bits per heavy atom. The van der Waals surface area contributed by atoms with Crippen LogP contribution in [-0.4, -0.2) is 37.6 Å². The van der Waals surface area contributed by atoms with Gasteiger partial charge in [-0.15, -0.1) is 0 Å². The Labute approximate surface area is 108 Å². The normalized spacial score (nSPS) is 14.3. The summed E-state index contributed by atoms with van der Waals surface area (Å²) in [5.74, 6) is 0.383. The number of nitrogens with two attached hydrogens (primary N) is 2. The molecule has 2 atom stereocenters. The molecular formula is C13H21N3O2. The van der Waals surface area contributed by atoms with Crippen LogP contribution in [-0.2, 0) is 4.79 Å². The molecule has 18 heavy (non-hydrogen) atoms. The lowest BCUT2D eigenvalue weighted by molar-refractivity contribution is -0.119. The van der Waals surface area contributed by atoms with E-state index < -0.39 is 0 Å². The van der Waals surface area contributed by atoms with Crippen LogP contribution in [0.25, 0.3) is 0 Å². The molecule has 0 aromatic heterocycles. The van der Waals surface area contributed by atoms with E-state index in [1.807, 2.05) is 43.1 Å². The number of methoxy groups -OCH3 is 1. The number of ether oxygens (including phenoxy) is 1. The molecular weight excluding hydrogens is 230 g/mol. The summed E-state index contributed by atoms with van der Waals surface area (Å²) in [5, 5.41) is 0. The molecule has 0 saturated heterocycles. The van der Waals surface area contributed by atoms with Gasteiger partial charge in [0.05, 0.1) is 19.7 Å². The van der Waals surface area contributed by atoms with Gasteiger partial charge in [0.2, 0.25) is 5.91 Å². The summed E-state index contributed by atoms with van der Waals surface area (Å²) in [6, 6.07) is 7.38. The van der Waals surface area contributed by atoms with Crippen molar-refractivity contribution in [1.82, 2.24) is 4.90 Å². The van der Waals surface area contributed by atoms with Gasteiger partial charge in [-0.25, -0.2) is 0 Å². The topological polar surface area (TPSA) is 81.6 Å². The van der Waals surface area contributed by atoms with E-state index in [2.05, 4.69) is 0 Å². The number of hydrogen-bond donors (Lipinski definition) is 2. The number of primary amides is 1. The molecule has 4 N–H and O–H groups in total. The third-order valence-electron chi connectivity index (χ3n) is 2.84. The summed E-state index contributed by atoms with van der Waals surface area (Å²) in [6.07, 6.45) is 0. The molecule has 0 aliphatic rings. The highest BCUT2D eigenvalue weighted by atomic mass is 16.5. The number of rotatable bonds is 6. The summed E-state index contributed by atoms with van der Waals surface area (Å²) in [4.78, 5) is 12.9. The maximum Gasteiger partial charge on any atom is 0.231 e. The fourth-order valence-electron chi connectivity index (χ4n) is 2.18. The molecule has 0 aliphatic carbocycles. The van der Waals surface area contributed by atoms with Gasteiger partial charge in [0.1, 0.15) is 5.75 Å². The highest BCUT2D eigenvalue weighted by Gasteiger charge is 2.24. The van der Waals surface area contributed by atoms with E-state index in [4.69, 9.17) is 16.2 Å². The van der Waals surface area contributed by atoms with E-state index in [9.17, 15) is 4.79 Å². The van der Waals surface area contributed by atoms with Crippen LogP contribution < -0.4 is 16.2 Å². The molecule has 1 rings (SSSR count). The highest BCUT2D eigenvalue weighted by molar-refractivity contribution is 5.76. The van der Waals surface area contributed by atoms with E-state index >= 15 is 0 Å². The number of para-hydroxylation sites is 1. The average Bonchev–Trinajstić information content (AvgIpc) is 2.28. The minimum absolute atomic E-state index is 0.117. The predicted molar refractivity (Wildman–Crippen MR) is 71.2 cm³/mol. The molecule has 5 nitrogen and oxygen atoms in total. The van der Waals surface area contributed by atoms with Gasteiger partial charge in [0, 0.05) is 11.6 Å². The number of nitrogens with zero attached hydrogens (tertiary/aromatic N) is 1. The third-order valence-corrected chi connectivity index (χ3v) is 2.84. The summed E-state index contributed by atoms with van der Waals surface area (Å²) < 4.78 is 5.33. The van der Waals surface area contributed by atoms with Gasteiger partial charge in [-0.2, -0.15) is 0 Å².